The van der Waals surface area contributed by atoms with Gasteiger partial charge in [0, 0.05) is 18.8 Å². The van der Waals surface area contributed by atoms with Crippen LogP contribution < -0.4 is 0 Å². The Morgan fingerprint density at radius 2 is 1.82 bits per heavy atom. The molecule has 1 aromatic heterocycles. The smallest absolute Gasteiger partial charge is 0.341 e. The molecule has 4 heteroatoms. The predicted molar refractivity (Wildman–Crippen MR) is 62.6 cm³/mol. The molecule has 1 aromatic carbocycles. The molecule has 0 atom stereocenters. The highest BCUT2D eigenvalue weighted by molar-refractivity contribution is 5.88. The van der Waals surface area contributed by atoms with Crippen LogP contribution in [0.3, 0.4) is 0 Å². The lowest BCUT2D eigenvalue weighted by molar-refractivity contribution is 0.0599. The third-order valence-corrected chi connectivity index (χ3v) is 2.33. The normalized spacial score (nSPS) is 9.94. The Bertz CT molecular complexity index is 495. The molecule has 17 heavy (non-hydrogen) atoms. The molecular weight excluding hydrogens is 216 g/mol. The van der Waals surface area contributed by atoms with Gasteiger partial charge < -0.3 is 4.74 Å². The summed E-state index contributed by atoms with van der Waals surface area (Å²) >= 11 is 0. The third kappa shape index (κ3) is 2.87. The molecule has 0 fully saturated rings. The fourth-order valence-electron chi connectivity index (χ4n) is 1.45. The summed E-state index contributed by atoms with van der Waals surface area (Å²) in [5.74, 6) is 0.264. The van der Waals surface area contributed by atoms with E-state index in [9.17, 15) is 4.79 Å². The summed E-state index contributed by atoms with van der Waals surface area (Å²) in [6.07, 6.45) is 3.62. The van der Waals surface area contributed by atoms with Crippen molar-refractivity contribution in [1.82, 2.24) is 9.97 Å². The molecule has 1 heterocycles. The number of methoxy groups -OCH3 is 1. The fraction of sp³-hybridized carbons (Fsp3) is 0.154. The standard InChI is InChI=1S/C13H12N2O2/c1-17-13(16)11-8-14-12(15-9-11)7-10-5-3-2-4-6-10/h2-6,8-9H,7H2,1H3. The number of nitrogens with zero attached hydrogens (tertiary/aromatic N) is 2. The number of carbonyl (C=O) groups excluding carboxylic acids is 1. The van der Waals surface area contributed by atoms with Crippen molar-refractivity contribution >= 4 is 5.97 Å². The average Bonchev–Trinajstić information content (AvgIpc) is 2.40. The van der Waals surface area contributed by atoms with Crippen molar-refractivity contribution in [2.75, 3.05) is 7.11 Å². The van der Waals surface area contributed by atoms with Crippen LogP contribution in [0.2, 0.25) is 0 Å². The SMILES string of the molecule is COC(=O)c1cnc(Cc2ccccc2)nc1. The molecule has 0 unspecified atom stereocenters. The Morgan fingerprint density at radius 3 is 2.41 bits per heavy atom. The molecule has 2 aromatic rings. The topological polar surface area (TPSA) is 52.1 Å². The molecular formula is C13H12N2O2. The minimum absolute atomic E-state index is 0.365. The van der Waals surface area contributed by atoms with Crippen LogP contribution in [0.15, 0.2) is 42.7 Å². The second-order valence-electron chi connectivity index (χ2n) is 3.54. The molecule has 0 aliphatic heterocycles. The number of rotatable bonds is 3. The Labute approximate surface area is 99.3 Å². The number of ether oxygens (including phenoxy) is 1. The van der Waals surface area contributed by atoms with Gasteiger partial charge in [-0.05, 0) is 5.56 Å². The summed E-state index contributed by atoms with van der Waals surface area (Å²) in [5, 5.41) is 0. The van der Waals surface area contributed by atoms with Crippen LogP contribution in [0.4, 0.5) is 0 Å². The lowest BCUT2D eigenvalue weighted by Crippen LogP contribution is -2.04. The Kier molecular flexibility index (Phi) is 3.45. The number of benzene rings is 1. The first-order valence-electron chi connectivity index (χ1n) is 5.23. The molecule has 86 valence electrons. The first kappa shape index (κ1) is 11.3. The molecule has 0 bridgehead atoms. The highest BCUT2D eigenvalue weighted by Gasteiger charge is 2.06. The van der Waals surface area contributed by atoms with E-state index >= 15 is 0 Å². The Hall–Kier alpha value is -2.23. The molecule has 0 saturated heterocycles. The van der Waals surface area contributed by atoms with Crippen LogP contribution in [-0.2, 0) is 11.2 Å². The summed E-state index contributed by atoms with van der Waals surface area (Å²) in [7, 11) is 1.33. The van der Waals surface area contributed by atoms with Crippen molar-refractivity contribution in [1.29, 1.82) is 0 Å². The van der Waals surface area contributed by atoms with Gasteiger partial charge in [-0.25, -0.2) is 14.8 Å². The number of hydrogen-bond donors (Lipinski definition) is 0. The van der Waals surface area contributed by atoms with Gasteiger partial charge in [-0.1, -0.05) is 30.3 Å². The van der Waals surface area contributed by atoms with Crippen LogP contribution in [0.5, 0.6) is 0 Å². The second kappa shape index (κ2) is 5.21. The zero-order valence-corrected chi connectivity index (χ0v) is 9.46. The zero-order valence-electron chi connectivity index (χ0n) is 9.46. The van der Waals surface area contributed by atoms with Crippen LogP contribution in [0, 0.1) is 0 Å². The van der Waals surface area contributed by atoms with Crippen LogP contribution in [-0.4, -0.2) is 23.0 Å². The van der Waals surface area contributed by atoms with Crippen molar-refractivity contribution in [3.05, 3.63) is 59.7 Å². The van der Waals surface area contributed by atoms with Gasteiger partial charge in [-0.2, -0.15) is 0 Å². The number of esters is 1. The molecule has 0 aliphatic rings. The molecule has 0 aliphatic carbocycles. The quantitative estimate of drug-likeness (QED) is 0.752. The van der Waals surface area contributed by atoms with Gasteiger partial charge in [0.05, 0.1) is 12.7 Å². The van der Waals surface area contributed by atoms with E-state index in [0.29, 0.717) is 17.8 Å². The molecule has 0 spiro atoms. The maximum Gasteiger partial charge on any atom is 0.341 e. The van der Waals surface area contributed by atoms with Crippen molar-refractivity contribution in [3.63, 3.8) is 0 Å². The average molecular weight is 228 g/mol. The number of aromatic nitrogens is 2. The van der Waals surface area contributed by atoms with Gasteiger partial charge in [0.2, 0.25) is 0 Å². The maximum absolute atomic E-state index is 11.2. The second-order valence-corrected chi connectivity index (χ2v) is 3.54. The molecule has 0 radical (unpaired) electrons. The predicted octanol–water partition coefficient (Wildman–Crippen LogP) is 1.85. The third-order valence-electron chi connectivity index (χ3n) is 2.33. The van der Waals surface area contributed by atoms with E-state index in [4.69, 9.17) is 0 Å². The highest BCUT2D eigenvalue weighted by atomic mass is 16.5. The van der Waals surface area contributed by atoms with E-state index in [1.165, 1.54) is 19.5 Å². The van der Waals surface area contributed by atoms with Gasteiger partial charge in [-0.15, -0.1) is 0 Å². The first-order valence-corrected chi connectivity index (χ1v) is 5.23. The minimum Gasteiger partial charge on any atom is -0.465 e. The molecule has 0 amide bonds. The molecule has 2 rings (SSSR count). The van der Waals surface area contributed by atoms with Crippen LogP contribution >= 0.6 is 0 Å². The lowest BCUT2D eigenvalue weighted by Gasteiger charge is -2.01. The molecule has 4 nitrogen and oxygen atoms in total. The van der Waals surface area contributed by atoms with Crippen molar-refractivity contribution in [2.24, 2.45) is 0 Å². The van der Waals surface area contributed by atoms with E-state index < -0.39 is 5.97 Å². The van der Waals surface area contributed by atoms with Gasteiger partial charge >= 0.3 is 5.97 Å². The number of hydrogen-bond acceptors (Lipinski definition) is 4. The summed E-state index contributed by atoms with van der Waals surface area (Å²) < 4.78 is 4.58. The molecule has 0 saturated carbocycles. The van der Waals surface area contributed by atoms with Gasteiger partial charge in [0.25, 0.3) is 0 Å². The minimum atomic E-state index is -0.420. The van der Waals surface area contributed by atoms with Crippen molar-refractivity contribution in [2.45, 2.75) is 6.42 Å². The summed E-state index contributed by atoms with van der Waals surface area (Å²) in [6, 6.07) is 9.93. The lowest BCUT2D eigenvalue weighted by atomic mass is 10.1. The summed E-state index contributed by atoms with van der Waals surface area (Å²) in [6.45, 7) is 0. The Morgan fingerprint density at radius 1 is 1.18 bits per heavy atom. The van der Waals surface area contributed by atoms with E-state index in [0.717, 1.165) is 5.56 Å². The van der Waals surface area contributed by atoms with Crippen LogP contribution in [0.25, 0.3) is 0 Å². The number of carbonyl (C=O) groups is 1. The van der Waals surface area contributed by atoms with Crippen molar-refractivity contribution in [3.8, 4) is 0 Å². The summed E-state index contributed by atoms with van der Waals surface area (Å²) in [5.41, 5.74) is 1.50. The Balaban J connectivity index is 2.11. The monoisotopic (exact) mass is 228 g/mol. The maximum atomic E-state index is 11.2. The molecule has 0 N–H and O–H groups in total. The largest absolute Gasteiger partial charge is 0.465 e. The van der Waals surface area contributed by atoms with E-state index in [1.807, 2.05) is 30.3 Å². The summed E-state index contributed by atoms with van der Waals surface area (Å²) in [4.78, 5) is 19.4. The highest BCUT2D eigenvalue weighted by Crippen LogP contribution is 2.05. The van der Waals surface area contributed by atoms with Gasteiger partial charge in [0.15, 0.2) is 0 Å². The first-order chi connectivity index (χ1) is 8.29. The van der Waals surface area contributed by atoms with E-state index in [1.54, 1.807) is 0 Å². The van der Waals surface area contributed by atoms with E-state index in [2.05, 4.69) is 14.7 Å². The van der Waals surface area contributed by atoms with Crippen molar-refractivity contribution < 1.29 is 9.53 Å². The van der Waals surface area contributed by atoms with Gasteiger partial charge in [0.1, 0.15) is 5.82 Å². The van der Waals surface area contributed by atoms with Gasteiger partial charge in [-0.3, -0.25) is 0 Å². The van der Waals surface area contributed by atoms with Crippen LogP contribution in [0.1, 0.15) is 21.7 Å². The van der Waals surface area contributed by atoms with E-state index in [-0.39, 0.29) is 0 Å². The fourth-order valence-corrected chi connectivity index (χ4v) is 1.45. The zero-order chi connectivity index (χ0) is 12.1.